The van der Waals surface area contributed by atoms with Crippen LogP contribution >= 0.6 is 11.6 Å². The lowest BCUT2D eigenvalue weighted by Gasteiger charge is -2.07. The van der Waals surface area contributed by atoms with E-state index in [0.717, 1.165) is 0 Å². The first-order valence-electron chi connectivity index (χ1n) is 7.72. The number of sulfonamides is 1. The van der Waals surface area contributed by atoms with Crippen LogP contribution in [0, 0.1) is 5.82 Å². The molecule has 6 nitrogen and oxygen atoms in total. The van der Waals surface area contributed by atoms with Crippen molar-refractivity contribution < 1.29 is 17.2 Å². The summed E-state index contributed by atoms with van der Waals surface area (Å²) in [5, 5.41) is 8.00. The molecule has 3 rings (SSSR count). The summed E-state index contributed by atoms with van der Waals surface area (Å²) in [5.74, 6) is -0.430. The van der Waals surface area contributed by atoms with E-state index in [0.29, 0.717) is 10.6 Å². The van der Waals surface area contributed by atoms with Gasteiger partial charge in [-0.15, -0.1) is 10.2 Å². The lowest BCUT2D eigenvalue weighted by atomic mass is 10.2. The number of benzene rings is 2. The molecule has 0 bridgehead atoms. The SMILES string of the molecule is O=S(=O)(Cc1ccccc1Cl)NCCc1nnc(-c2ccccc2F)o1. The summed E-state index contributed by atoms with van der Waals surface area (Å²) in [7, 11) is -3.56. The number of nitrogens with zero attached hydrogens (tertiary/aromatic N) is 2. The Hall–Kier alpha value is -2.29. The highest BCUT2D eigenvalue weighted by molar-refractivity contribution is 7.88. The highest BCUT2D eigenvalue weighted by Crippen LogP contribution is 2.21. The van der Waals surface area contributed by atoms with Gasteiger partial charge in [0.15, 0.2) is 0 Å². The summed E-state index contributed by atoms with van der Waals surface area (Å²) in [5.41, 5.74) is 0.715. The Bertz CT molecular complexity index is 1010. The minimum atomic E-state index is -3.56. The van der Waals surface area contributed by atoms with Crippen LogP contribution in [0.5, 0.6) is 0 Å². The van der Waals surface area contributed by atoms with E-state index in [1.807, 2.05) is 0 Å². The van der Waals surface area contributed by atoms with Crippen LogP contribution in [0.1, 0.15) is 11.5 Å². The third-order valence-corrected chi connectivity index (χ3v) is 5.24. The molecule has 0 aliphatic heterocycles. The van der Waals surface area contributed by atoms with Crippen molar-refractivity contribution in [1.29, 1.82) is 0 Å². The van der Waals surface area contributed by atoms with E-state index < -0.39 is 15.8 Å². The molecule has 2 aromatic carbocycles. The topological polar surface area (TPSA) is 85.1 Å². The summed E-state index contributed by atoms with van der Waals surface area (Å²) < 4.78 is 45.8. The van der Waals surface area contributed by atoms with Gasteiger partial charge in [0.25, 0.3) is 5.89 Å². The molecule has 136 valence electrons. The van der Waals surface area contributed by atoms with Crippen LogP contribution in [0.2, 0.25) is 5.02 Å². The highest BCUT2D eigenvalue weighted by Gasteiger charge is 2.15. The normalized spacial score (nSPS) is 11.6. The molecule has 0 amide bonds. The molecule has 0 atom stereocenters. The van der Waals surface area contributed by atoms with E-state index in [4.69, 9.17) is 16.0 Å². The number of nitrogens with one attached hydrogen (secondary N) is 1. The zero-order valence-corrected chi connectivity index (χ0v) is 15.1. The molecule has 0 fully saturated rings. The lowest BCUT2D eigenvalue weighted by Crippen LogP contribution is -2.27. The molecular weight excluding hydrogens is 381 g/mol. The number of aromatic nitrogens is 2. The van der Waals surface area contributed by atoms with Gasteiger partial charge in [0, 0.05) is 18.0 Å². The zero-order chi connectivity index (χ0) is 18.6. The first kappa shape index (κ1) is 18.5. The smallest absolute Gasteiger partial charge is 0.250 e. The molecule has 26 heavy (non-hydrogen) atoms. The maximum Gasteiger partial charge on any atom is 0.250 e. The fraction of sp³-hybridized carbons (Fsp3) is 0.176. The van der Waals surface area contributed by atoms with Gasteiger partial charge < -0.3 is 4.42 Å². The van der Waals surface area contributed by atoms with Crippen LogP contribution in [0.3, 0.4) is 0 Å². The Morgan fingerprint density at radius 1 is 1.08 bits per heavy atom. The van der Waals surface area contributed by atoms with Gasteiger partial charge in [-0.2, -0.15) is 0 Å². The van der Waals surface area contributed by atoms with Crippen LogP contribution in [0.15, 0.2) is 52.9 Å². The monoisotopic (exact) mass is 395 g/mol. The molecule has 1 N–H and O–H groups in total. The molecule has 0 saturated carbocycles. The molecule has 0 unspecified atom stereocenters. The van der Waals surface area contributed by atoms with Crippen LogP contribution in [0.25, 0.3) is 11.5 Å². The number of hydrogen-bond donors (Lipinski definition) is 1. The lowest BCUT2D eigenvalue weighted by molar-refractivity contribution is 0.498. The van der Waals surface area contributed by atoms with Crippen molar-refractivity contribution in [3.63, 3.8) is 0 Å². The van der Waals surface area contributed by atoms with Crippen LogP contribution in [-0.4, -0.2) is 25.2 Å². The summed E-state index contributed by atoms with van der Waals surface area (Å²) >= 11 is 5.98. The summed E-state index contributed by atoms with van der Waals surface area (Å²) in [6, 6.07) is 12.8. The second-order valence-corrected chi connectivity index (χ2v) is 7.69. The van der Waals surface area contributed by atoms with Gasteiger partial charge in [-0.05, 0) is 23.8 Å². The molecule has 1 aromatic heterocycles. The summed E-state index contributed by atoms with van der Waals surface area (Å²) in [6.07, 6.45) is 0.184. The second kappa shape index (κ2) is 7.94. The molecule has 3 aromatic rings. The van der Waals surface area contributed by atoms with Crippen molar-refractivity contribution in [3.05, 3.63) is 70.8 Å². The van der Waals surface area contributed by atoms with Crippen LogP contribution in [-0.2, 0) is 22.2 Å². The molecular formula is C17H15ClFN3O3S. The van der Waals surface area contributed by atoms with Gasteiger partial charge in [-0.1, -0.05) is 41.9 Å². The van der Waals surface area contributed by atoms with Gasteiger partial charge >= 0.3 is 0 Å². The second-order valence-electron chi connectivity index (χ2n) is 5.48. The van der Waals surface area contributed by atoms with E-state index in [1.54, 1.807) is 36.4 Å². The zero-order valence-electron chi connectivity index (χ0n) is 13.5. The van der Waals surface area contributed by atoms with Gasteiger partial charge in [-0.25, -0.2) is 17.5 Å². The third-order valence-electron chi connectivity index (χ3n) is 3.54. The van der Waals surface area contributed by atoms with Gasteiger partial charge in [0.1, 0.15) is 5.82 Å². The van der Waals surface area contributed by atoms with E-state index in [-0.39, 0.29) is 36.1 Å². The van der Waals surface area contributed by atoms with E-state index in [1.165, 1.54) is 12.1 Å². The number of rotatable bonds is 7. The maximum atomic E-state index is 13.7. The third kappa shape index (κ3) is 4.66. The average molecular weight is 396 g/mol. The average Bonchev–Trinajstić information content (AvgIpc) is 3.06. The van der Waals surface area contributed by atoms with Crippen molar-refractivity contribution in [2.75, 3.05) is 6.54 Å². The first-order chi connectivity index (χ1) is 12.4. The minimum absolute atomic E-state index is 0.0528. The fourth-order valence-electron chi connectivity index (χ4n) is 2.28. The van der Waals surface area contributed by atoms with Gasteiger partial charge in [0.05, 0.1) is 11.3 Å². The van der Waals surface area contributed by atoms with Crippen molar-refractivity contribution >= 4 is 21.6 Å². The predicted molar refractivity (Wildman–Crippen MR) is 95.5 cm³/mol. The predicted octanol–water partition coefficient (Wildman–Crippen LogP) is 3.19. The van der Waals surface area contributed by atoms with E-state index in [2.05, 4.69) is 14.9 Å². The van der Waals surface area contributed by atoms with Crippen molar-refractivity contribution in [2.45, 2.75) is 12.2 Å². The molecule has 0 radical (unpaired) electrons. The van der Waals surface area contributed by atoms with Gasteiger partial charge in [-0.3, -0.25) is 0 Å². The quantitative estimate of drug-likeness (QED) is 0.664. The maximum absolute atomic E-state index is 13.7. The van der Waals surface area contributed by atoms with Crippen molar-refractivity contribution in [2.24, 2.45) is 0 Å². The van der Waals surface area contributed by atoms with E-state index in [9.17, 15) is 12.8 Å². The fourth-order valence-corrected chi connectivity index (χ4v) is 3.74. The van der Waals surface area contributed by atoms with E-state index >= 15 is 0 Å². The molecule has 1 heterocycles. The molecule has 0 spiro atoms. The van der Waals surface area contributed by atoms with Crippen LogP contribution in [0.4, 0.5) is 4.39 Å². The summed E-state index contributed by atoms with van der Waals surface area (Å²) in [6.45, 7) is 0.0751. The molecule has 9 heteroatoms. The first-order valence-corrected chi connectivity index (χ1v) is 9.76. The van der Waals surface area contributed by atoms with Crippen molar-refractivity contribution in [1.82, 2.24) is 14.9 Å². The van der Waals surface area contributed by atoms with Crippen LogP contribution < -0.4 is 4.72 Å². The van der Waals surface area contributed by atoms with Gasteiger partial charge in [0.2, 0.25) is 15.9 Å². The minimum Gasteiger partial charge on any atom is -0.421 e. The Balaban J connectivity index is 1.58. The largest absolute Gasteiger partial charge is 0.421 e. The Kier molecular flexibility index (Phi) is 5.65. The molecule has 0 aliphatic rings. The highest BCUT2D eigenvalue weighted by atomic mass is 35.5. The standard InChI is InChI=1S/C17H15ClFN3O3S/c18-14-7-3-1-5-12(14)11-26(23,24)20-10-9-16-21-22-17(25-16)13-6-2-4-8-15(13)19/h1-8,20H,9-11H2. The Labute approximate surface area is 155 Å². The summed E-state index contributed by atoms with van der Waals surface area (Å²) in [4.78, 5) is 0. The molecule has 0 aliphatic carbocycles. The Morgan fingerprint density at radius 3 is 2.58 bits per heavy atom. The van der Waals surface area contributed by atoms with Crippen molar-refractivity contribution in [3.8, 4) is 11.5 Å². The molecule has 0 saturated heterocycles. The number of halogens is 2. The number of hydrogen-bond acceptors (Lipinski definition) is 5. The Morgan fingerprint density at radius 2 is 1.81 bits per heavy atom.